The highest BCUT2D eigenvalue weighted by Gasteiger charge is 2.18. The first-order chi connectivity index (χ1) is 10.6. The fraction of sp³-hybridized carbons (Fsp3) is 0.286. The van der Waals surface area contributed by atoms with E-state index in [9.17, 15) is 9.59 Å². The number of primary amides is 1. The molecular weight excluding hydrogens is 302 g/mol. The minimum atomic E-state index is -0.603. The molecule has 2 rings (SSSR count). The van der Waals surface area contributed by atoms with Crippen molar-refractivity contribution in [2.45, 2.75) is 12.7 Å². The van der Waals surface area contributed by atoms with Gasteiger partial charge in [0.2, 0.25) is 0 Å². The van der Waals surface area contributed by atoms with E-state index in [0.717, 1.165) is 5.69 Å². The highest BCUT2D eigenvalue weighted by atomic mass is 32.2. The van der Waals surface area contributed by atoms with E-state index in [4.69, 9.17) is 5.73 Å². The van der Waals surface area contributed by atoms with Crippen LogP contribution in [-0.2, 0) is 5.75 Å². The smallest absolute Gasteiger partial charge is 0.271 e. The Labute approximate surface area is 132 Å². The van der Waals surface area contributed by atoms with Gasteiger partial charge in [-0.25, -0.2) is 4.68 Å². The SMILES string of the molecule is CCNC(=O)c1ccc(-n2nnc(C(N)=O)c2CSC)cc1. The fourth-order valence-electron chi connectivity index (χ4n) is 1.98. The third-order valence-electron chi connectivity index (χ3n) is 2.99. The van der Waals surface area contributed by atoms with Crippen LogP contribution in [0.4, 0.5) is 0 Å². The molecule has 2 amide bonds. The molecule has 0 radical (unpaired) electrons. The van der Waals surface area contributed by atoms with Gasteiger partial charge in [0.15, 0.2) is 5.69 Å². The van der Waals surface area contributed by atoms with Crippen LogP contribution in [0, 0.1) is 0 Å². The molecule has 8 heteroatoms. The summed E-state index contributed by atoms with van der Waals surface area (Å²) in [5, 5.41) is 10.6. The number of hydrogen-bond donors (Lipinski definition) is 2. The zero-order valence-corrected chi connectivity index (χ0v) is 13.2. The second kappa shape index (κ2) is 7.08. The van der Waals surface area contributed by atoms with Crippen LogP contribution < -0.4 is 11.1 Å². The lowest BCUT2D eigenvalue weighted by molar-refractivity contribution is 0.0954. The molecule has 22 heavy (non-hydrogen) atoms. The van der Waals surface area contributed by atoms with Gasteiger partial charge in [0.1, 0.15) is 0 Å². The number of thioether (sulfide) groups is 1. The number of carbonyl (C=O) groups is 2. The molecule has 0 atom stereocenters. The van der Waals surface area contributed by atoms with E-state index in [2.05, 4.69) is 15.6 Å². The van der Waals surface area contributed by atoms with Crippen LogP contribution in [0.25, 0.3) is 5.69 Å². The standard InChI is InChI=1S/C14H17N5O2S/c1-3-16-14(21)9-4-6-10(7-5-9)19-11(8-22-2)12(13(15)20)17-18-19/h4-7H,3,8H2,1-2H3,(H2,15,20)(H,16,21). The Hall–Kier alpha value is -2.35. The van der Waals surface area contributed by atoms with E-state index in [1.807, 2.05) is 13.2 Å². The van der Waals surface area contributed by atoms with E-state index < -0.39 is 5.91 Å². The molecule has 0 aliphatic heterocycles. The molecule has 1 aromatic heterocycles. The van der Waals surface area contributed by atoms with Gasteiger partial charge in [0.25, 0.3) is 11.8 Å². The predicted molar refractivity (Wildman–Crippen MR) is 85.1 cm³/mol. The lowest BCUT2D eigenvalue weighted by atomic mass is 10.2. The number of rotatable bonds is 6. The molecule has 116 valence electrons. The van der Waals surface area contributed by atoms with Crippen LogP contribution in [-0.4, -0.2) is 39.6 Å². The van der Waals surface area contributed by atoms with Gasteiger partial charge in [-0.2, -0.15) is 11.8 Å². The average molecular weight is 319 g/mol. The van der Waals surface area contributed by atoms with E-state index >= 15 is 0 Å². The van der Waals surface area contributed by atoms with Gasteiger partial charge in [-0.05, 0) is 37.4 Å². The number of nitrogens with two attached hydrogens (primary N) is 1. The molecule has 0 fully saturated rings. The van der Waals surface area contributed by atoms with Crippen molar-refractivity contribution in [3.63, 3.8) is 0 Å². The van der Waals surface area contributed by atoms with E-state index in [-0.39, 0.29) is 11.6 Å². The van der Waals surface area contributed by atoms with Crippen LogP contribution in [0.3, 0.4) is 0 Å². The fourth-order valence-corrected chi connectivity index (χ4v) is 2.52. The summed E-state index contributed by atoms with van der Waals surface area (Å²) in [6, 6.07) is 6.92. The van der Waals surface area contributed by atoms with Gasteiger partial charge in [-0.3, -0.25) is 9.59 Å². The predicted octanol–water partition coefficient (Wildman–Crippen LogP) is 0.979. The van der Waals surface area contributed by atoms with E-state index in [0.29, 0.717) is 23.6 Å². The molecule has 0 aliphatic carbocycles. The Morgan fingerprint density at radius 1 is 1.32 bits per heavy atom. The number of amides is 2. The van der Waals surface area contributed by atoms with Crippen molar-refractivity contribution in [1.82, 2.24) is 20.3 Å². The molecule has 7 nitrogen and oxygen atoms in total. The highest BCUT2D eigenvalue weighted by Crippen LogP contribution is 2.18. The summed E-state index contributed by atoms with van der Waals surface area (Å²) in [7, 11) is 0. The van der Waals surface area contributed by atoms with Gasteiger partial charge in [-0.15, -0.1) is 5.10 Å². The van der Waals surface area contributed by atoms with Gasteiger partial charge in [-0.1, -0.05) is 5.21 Å². The molecule has 0 unspecified atom stereocenters. The minimum Gasteiger partial charge on any atom is -0.364 e. The van der Waals surface area contributed by atoms with Gasteiger partial charge >= 0.3 is 0 Å². The molecule has 1 heterocycles. The molecule has 0 spiro atoms. The molecule has 3 N–H and O–H groups in total. The summed E-state index contributed by atoms with van der Waals surface area (Å²) < 4.78 is 1.57. The third-order valence-corrected chi connectivity index (χ3v) is 3.55. The van der Waals surface area contributed by atoms with Gasteiger partial charge in [0.05, 0.1) is 11.4 Å². The Balaban J connectivity index is 2.36. The first-order valence-electron chi connectivity index (χ1n) is 6.70. The summed E-state index contributed by atoms with van der Waals surface area (Å²) in [4.78, 5) is 23.1. The van der Waals surface area contributed by atoms with Crippen LogP contribution in [0.15, 0.2) is 24.3 Å². The number of carbonyl (C=O) groups excluding carboxylic acids is 2. The van der Waals surface area contributed by atoms with Crippen molar-refractivity contribution >= 4 is 23.6 Å². The molecule has 0 bridgehead atoms. The minimum absolute atomic E-state index is 0.130. The number of hydrogen-bond acceptors (Lipinski definition) is 5. The van der Waals surface area contributed by atoms with E-state index in [1.165, 1.54) is 0 Å². The summed E-state index contributed by atoms with van der Waals surface area (Å²) in [5.41, 5.74) is 7.41. The van der Waals surface area contributed by atoms with Crippen molar-refractivity contribution in [3.05, 3.63) is 41.2 Å². The zero-order chi connectivity index (χ0) is 16.1. The summed E-state index contributed by atoms with van der Waals surface area (Å²) >= 11 is 1.54. The number of nitrogens with zero attached hydrogens (tertiary/aromatic N) is 3. The highest BCUT2D eigenvalue weighted by molar-refractivity contribution is 7.97. The van der Waals surface area contributed by atoms with Crippen LogP contribution in [0.1, 0.15) is 33.5 Å². The maximum absolute atomic E-state index is 11.7. The second-order valence-corrected chi connectivity index (χ2v) is 5.37. The Bertz CT molecular complexity index is 681. The van der Waals surface area contributed by atoms with Gasteiger partial charge < -0.3 is 11.1 Å². The largest absolute Gasteiger partial charge is 0.364 e. The normalized spacial score (nSPS) is 10.5. The zero-order valence-electron chi connectivity index (χ0n) is 12.4. The third kappa shape index (κ3) is 3.28. The first kappa shape index (κ1) is 16.0. The van der Waals surface area contributed by atoms with Gasteiger partial charge in [0, 0.05) is 17.9 Å². The molecule has 0 aliphatic rings. The van der Waals surface area contributed by atoms with Crippen molar-refractivity contribution in [2.75, 3.05) is 12.8 Å². The van der Waals surface area contributed by atoms with Crippen LogP contribution in [0.2, 0.25) is 0 Å². The molecule has 0 saturated carbocycles. The number of nitrogens with one attached hydrogen (secondary N) is 1. The molecule has 1 aromatic carbocycles. The van der Waals surface area contributed by atoms with Crippen molar-refractivity contribution < 1.29 is 9.59 Å². The quantitative estimate of drug-likeness (QED) is 0.826. The molecule has 0 saturated heterocycles. The Morgan fingerprint density at radius 2 is 2.00 bits per heavy atom. The summed E-state index contributed by atoms with van der Waals surface area (Å²) in [6.45, 7) is 2.44. The monoisotopic (exact) mass is 319 g/mol. The molecule has 2 aromatic rings. The molecular formula is C14H17N5O2S. The average Bonchev–Trinajstić information content (AvgIpc) is 2.92. The topological polar surface area (TPSA) is 103 Å². The van der Waals surface area contributed by atoms with Crippen molar-refractivity contribution in [3.8, 4) is 5.69 Å². The van der Waals surface area contributed by atoms with Crippen molar-refractivity contribution in [1.29, 1.82) is 0 Å². The van der Waals surface area contributed by atoms with Crippen LogP contribution in [0.5, 0.6) is 0 Å². The maximum Gasteiger partial charge on any atom is 0.271 e. The van der Waals surface area contributed by atoms with Crippen LogP contribution >= 0.6 is 11.8 Å². The maximum atomic E-state index is 11.7. The second-order valence-electron chi connectivity index (χ2n) is 4.50. The Kier molecular flexibility index (Phi) is 5.16. The lowest BCUT2D eigenvalue weighted by Crippen LogP contribution is -2.22. The number of aromatic nitrogens is 3. The Morgan fingerprint density at radius 3 is 2.55 bits per heavy atom. The summed E-state index contributed by atoms with van der Waals surface area (Å²) in [6.07, 6.45) is 1.92. The number of benzene rings is 1. The van der Waals surface area contributed by atoms with Crippen molar-refractivity contribution in [2.24, 2.45) is 5.73 Å². The first-order valence-corrected chi connectivity index (χ1v) is 8.09. The lowest BCUT2D eigenvalue weighted by Gasteiger charge is -2.07. The summed E-state index contributed by atoms with van der Waals surface area (Å²) in [5.74, 6) is -0.173. The van der Waals surface area contributed by atoms with E-state index in [1.54, 1.807) is 40.7 Å².